The van der Waals surface area contributed by atoms with Gasteiger partial charge in [0.15, 0.2) is 0 Å². The maximum atomic E-state index is 12.6. The number of aliphatic hydroxyl groups is 1. The summed E-state index contributed by atoms with van der Waals surface area (Å²) >= 11 is 3.56. The minimum atomic E-state index is -0.601. The highest BCUT2D eigenvalue weighted by atomic mass is 79.9. The summed E-state index contributed by atoms with van der Waals surface area (Å²) in [5.74, 6) is 0.541. The van der Waals surface area contributed by atoms with Gasteiger partial charge in [0.25, 0.3) is 0 Å². The molecular weight excluding hydrogens is 444 g/mol. The summed E-state index contributed by atoms with van der Waals surface area (Å²) in [5, 5.41) is 16.2. The van der Waals surface area contributed by atoms with Crippen molar-refractivity contribution in [1.29, 1.82) is 0 Å². The van der Waals surface area contributed by atoms with Crippen LogP contribution in [0.1, 0.15) is 29.0 Å². The number of nitrogens with one attached hydrogen (secondary N) is 2. The second-order valence-corrected chi connectivity index (χ2v) is 8.40. The fourth-order valence-electron chi connectivity index (χ4n) is 3.70. The predicted octanol–water partition coefficient (Wildman–Crippen LogP) is 5.68. The van der Waals surface area contributed by atoms with Crippen molar-refractivity contribution in [2.24, 2.45) is 0 Å². The zero-order valence-electron chi connectivity index (χ0n) is 16.6. The molecule has 4 rings (SSSR count). The number of halogens is 1. The van der Waals surface area contributed by atoms with Crippen LogP contribution >= 0.6 is 15.9 Å². The Hall–Kier alpha value is -2.83. The standard InChI is InChI=1S/C24H23BrN2O3/c1-15-7-9-18(10-8-15)26-24(29)27-22-12-17(25)11-21-20(16-5-3-2-4-6-16)13-19(28)14-30-23(21)22/h2-12,19-20,28H,13-14H2,1H3,(H2,26,27,29). The topological polar surface area (TPSA) is 70.6 Å². The molecule has 0 radical (unpaired) electrons. The monoisotopic (exact) mass is 466 g/mol. The van der Waals surface area contributed by atoms with Gasteiger partial charge in [-0.25, -0.2) is 4.79 Å². The highest BCUT2D eigenvalue weighted by Gasteiger charge is 2.28. The van der Waals surface area contributed by atoms with Gasteiger partial charge in [0.2, 0.25) is 0 Å². The number of aryl methyl sites for hydroxylation is 1. The van der Waals surface area contributed by atoms with Crippen LogP contribution in [0.2, 0.25) is 0 Å². The Bertz CT molecular complexity index is 1040. The van der Waals surface area contributed by atoms with Crippen LogP contribution < -0.4 is 15.4 Å². The Kier molecular flexibility index (Phi) is 6.06. The second-order valence-electron chi connectivity index (χ2n) is 7.48. The minimum Gasteiger partial charge on any atom is -0.488 e. The lowest BCUT2D eigenvalue weighted by molar-refractivity contribution is 0.105. The molecule has 0 fully saturated rings. The van der Waals surface area contributed by atoms with Crippen molar-refractivity contribution in [1.82, 2.24) is 0 Å². The van der Waals surface area contributed by atoms with Crippen LogP contribution in [0.5, 0.6) is 5.75 Å². The first-order valence-electron chi connectivity index (χ1n) is 9.83. The lowest BCUT2D eigenvalue weighted by Crippen LogP contribution is -2.20. The average molecular weight is 467 g/mol. The van der Waals surface area contributed by atoms with Crippen molar-refractivity contribution in [3.05, 3.63) is 87.9 Å². The number of benzene rings is 3. The van der Waals surface area contributed by atoms with Crippen molar-refractivity contribution in [3.8, 4) is 5.75 Å². The Morgan fingerprint density at radius 3 is 2.53 bits per heavy atom. The fraction of sp³-hybridized carbons (Fsp3) is 0.208. The van der Waals surface area contributed by atoms with Gasteiger partial charge in [-0.1, -0.05) is 64.0 Å². The number of carbonyl (C=O) groups is 1. The zero-order chi connectivity index (χ0) is 21.1. The third-order valence-electron chi connectivity index (χ3n) is 5.15. The summed E-state index contributed by atoms with van der Waals surface area (Å²) in [7, 11) is 0. The van der Waals surface area contributed by atoms with Gasteiger partial charge in [-0.15, -0.1) is 0 Å². The summed E-state index contributed by atoms with van der Waals surface area (Å²) < 4.78 is 6.78. The fourth-order valence-corrected chi connectivity index (χ4v) is 4.17. The molecule has 3 aromatic carbocycles. The zero-order valence-corrected chi connectivity index (χ0v) is 18.1. The van der Waals surface area contributed by atoms with Crippen molar-refractivity contribution >= 4 is 33.3 Å². The molecule has 1 aliphatic rings. The van der Waals surface area contributed by atoms with E-state index < -0.39 is 6.10 Å². The molecule has 3 N–H and O–H groups in total. The van der Waals surface area contributed by atoms with Gasteiger partial charge in [-0.2, -0.15) is 0 Å². The lowest BCUT2D eigenvalue weighted by atomic mass is 9.86. The van der Waals surface area contributed by atoms with Crippen LogP contribution in [0.15, 0.2) is 71.2 Å². The number of anilines is 2. The molecule has 0 aliphatic carbocycles. The van der Waals surface area contributed by atoms with Crippen LogP contribution in [0.4, 0.5) is 16.2 Å². The maximum absolute atomic E-state index is 12.6. The van der Waals surface area contributed by atoms with E-state index in [4.69, 9.17) is 4.74 Å². The van der Waals surface area contributed by atoms with Crippen molar-refractivity contribution in [2.75, 3.05) is 17.2 Å². The molecule has 2 atom stereocenters. The van der Waals surface area contributed by atoms with Gasteiger partial charge in [-0.3, -0.25) is 0 Å². The number of fused-ring (bicyclic) bond motifs is 1. The van der Waals surface area contributed by atoms with E-state index in [1.54, 1.807) is 0 Å². The average Bonchev–Trinajstić information content (AvgIpc) is 2.89. The number of urea groups is 1. The third kappa shape index (κ3) is 4.66. The first-order chi connectivity index (χ1) is 14.5. The van der Waals surface area contributed by atoms with E-state index >= 15 is 0 Å². The summed E-state index contributed by atoms with van der Waals surface area (Å²) in [6, 6.07) is 21.1. The van der Waals surface area contributed by atoms with Gasteiger partial charge >= 0.3 is 6.03 Å². The number of hydrogen-bond donors (Lipinski definition) is 3. The minimum absolute atomic E-state index is 0.0445. The summed E-state index contributed by atoms with van der Waals surface area (Å²) in [6.07, 6.45) is -0.0572. The number of amides is 2. The molecule has 0 bridgehead atoms. The van der Waals surface area contributed by atoms with Crippen LogP contribution in [0, 0.1) is 6.92 Å². The summed E-state index contributed by atoms with van der Waals surface area (Å²) in [5.41, 5.74) is 4.41. The Morgan fingerprint density at radius 1 is 1.07 bits per heavy atom. The Balaban J connectivity index is 1.66. The second kappa shape index (κ2) is 8.90. The van der Waals surface area contributed by atoms with E-state index in [1.807, 2.05) is 73.7 Å². The molecule has 0 saturated carbocycles. The number of aliphatic hydroxyl groups excluding tert-OH is 1. The Morgan fingerprint density at radius 2 is 1.80 bits per heavy atom. The van der Waals surface area contributed by atoms with Crippen LogP contribution in [0.3, 0.4) is 0 Å². The van der Waals surface area contributed by atoms with Gasteiger partial charge in [0.05, 0.1) is 11.8 Å². The van der Waals surface area contributed by atoms with E-state index in [2.05, 4.69) is 26.6 Å². The van der Waals surface area contributed by atoms with E-state index in [1.165, 1.54) is 0 Å². The first-order valence-corrected chi connectivity index (χ1v) is 10.6. The molecule has 3 aromatic rings. The van der Waals surface area contributed by atoms with Crippen LogP contribution in [-0.2, 0) is 0 Å². The molecular formula is C24H23BrN2O3. The van der Waals surface area contributed by atoms with Gasteiger partial charge in [0.1, 0.15) is 12.4 Å². The largest absolute Gasteiger partial charge is 0.488 e. The molecule has 1 aliphatic heterocycles. The molecule has 0 aromatic heterocycles. The number of ether oxygens (including phenoxy) is 1. The molecule has 5 nitrogen and oxygen atoms in total. The smallest absolute Gasteiger partial charge is 0.323 e. The normalized spacial score (nSPS) is 18.0. The summed E-state index contributed by atoms with van der Waals surface area (Å²) in [6.45, 7) is 2.17. The van der Waals surface area contributed by atoms with E-state index in [0.29, 0.717) is 23.5 Å². The maximum Gasteiger partial charge on any atom is 0.323 e. The lowest BCUT2D eigenvalue weighted by Gasteiger charge is -2.20. The molecule has 0 spiro atoms. The van der Waals surface area contributed by atoms with E-state index in [0.717, 1.165) is 21.2 Å². The highest BCUT2D eigenvalue weighted by Crippen LogP contribution is 2.43. The third-order valence-corrected chi connectivity index (χ3v) is 5.60. The molecule has 2 unspecified atom stereocenters. The first kappa shape index (κ1) is 20.4. The van der Waals surface area contributed by atoms with Crippen molar-refractivity contribution in [2.45, 2.75) is 25.4 Å². The van der Waals surface area contributed by atoms with Gasteiger partial charge in [-0.05, 0) is 43.2 Å². The van der Waals surface area contributed by atoms with E-state index in [-0.39, 0.29) is 18.6 Å². The van der Waals surface area contributed by atoms with E-state index in [9.17, 15) is 9.90 Å². The summed E-state index contributed by atoms with van der Waals surface area (Å²) in [4.78, 5) is 12.6. The molecule has 6 heteroatoms. The predicted molar refractivity (Wildman–Crippen MR) is 122 cm³/mol. The number of rotatable bonds is 3. The highest BCUT2D eigenvalue weighted by molar-refractivity contribution is 9.10. The molecule has 30 heavy (non-hydrogen) atoms. The molecule has 1 heterocycles. The van der Waals surface area contributed by atoms with Gasteiger partial charge in [0, 0.05) is 21.6 Å². The molecule has 154 valence electrons. The molecule has 2 amide bonds. The number of carbonyl (C=O) groups excluding carboxylic acids is 1. The van der Waals surface area contributed by atoms with Crippen molar-refractivity contribution < 1.29 is 14.6 Å². The Labute approximate surface area is 184 Å². The quantitative estimate of drug-likeness (QED) is 0.465. The molecule has 0 saturated heterocycles. The van der Waals surface area contributed by atoms with Gasteiger partial charge < -0.3 is 20.5 Å². The number of hydrogen-bond acceptors (Lipinski definition) is 3. The van der Waals surface area contributed by atoms with Crippen molar-refractivity contribution in [3.63, 3.8) is 0 Å². The SMILES string of the molecule is Cc1ccc(NC(=O)Nc2cc(Br)cc3c2OCC(O)CC3c2ccccc2)cc1. The van der Waals surface area contributed by atoms with Crippen LogP contribution in [-0.4, -0.2) is 23.8 Å². The van der Waals surface area contributed by atoms with Crippen LogP contribution in [0.25, 0.3) is 0 Å².